The number of carbonyl (C=O) groups is 2. The van der Waals surface area contributed by atoms with Gasteiger partial charge in [0, 0.05) is 11.1 Å². The number of carbonyl (C=O) groups excluding carboxylic acids is 2. The average Bonchev–Trinajstić information content (AvgIpc) is 3.13. The van der Waals surface area contributed by atoms with Crippen molar-refractivity contribution in [1.82, 2.24) is 0 Å². The second-order valence-corrected chi connectivity index (χ2v) is 10.6. The van der Waals surface area contributed by atoms with Crippen molar-refractivity contribution >= 4 is 31.2 Å². The molecule has 1 aliphatic heterocycles. The Balaban J connectivity index is 0.00000370. The third kappa shape index (κ3) is 4.81. The van der Waals surface area contributed by atoms with Gasteiger partial charge in [-0.1, -0.05) is 56.0 Å². The average molecular weight is 577 g/mol. The molecule has 0 aromatic heterocycles. The van der Waals surface area contributed by atoms with Crippen LogP contribution in [0, 0.1) is 0 Å². The number of rotatable bonds is 2. The standard InChI is InChI=1S/C28H14F6O4S.CH4/c29-27(30,31)18-7-3-5-15(11-18)22-13-17(24-25(35)20-9-1-2-10-21(20)26(24)36)14-23(39(22,37)38)16-6-4-8-19(12-16)28(32,33)34;/h1-14H;1H4. The fourth-order valence-corrected chi connectivity index (χ4v) is 6.11. The number of Topliss-reactive ketones (excluding diaryl/α,β-unsaturated/α-hetero) is 2. The minimum atomic E-state index is -4.82. The van der Waals surface area contributed by atoms with Gasteiger partial charge in [-0.2, -0.15) is 26.3 Å². The summed E-state index contributed by atoms with van der Waals surface area (Å²) in [5, 5.41) is 0. The van der Waals surface area contributed by atoms with Gasteiger partial charge in [0.05, 0.1) is 26.5 Å². The molecule has 0 amide bonds. The van der Waals surface area contributed by atoms with Crippen LogP contribution in [0.15, 0.2) is 96.1 Å². The fourth-order valence-electron chi connectivity index (χ4n) is 4.43. The number of allylic oxidation sites excluding steroid dienone is 4. The molecular formula is C29H18F6O4S. The zero-order valence-corrected chi connectivity index (χ0v) is 20.2. The highest BCUT2D eigenvalue weighted by atomic mass is 32.2. The molecule has 5 rings (SSSR count). The lowest BCUT2D eigenvalue weighted by atomic mass is 9.99. The SMILES string of the molecule is C.O=C1C(=C2C=C(c3cccc(C(F)(F)F)c3)S(=O)(=O)C(c3cccc(C(F)(F)F)c3)=C2)C(=O)c2ccccc21. The van der Waals surface area contributed by atoms with Crippen molar-refractivity contribution < 1.29 is 44.3 Å². The molecule has 3 aromatic carbocycles. The monoisotopic (exact) mass is 576 g/mol. The summed E-state index contributed by atoms with van der Waals surface area (Å²) in [6.07, 6.45) is -7.85. The van der Waals surface area contributed by atoms with Crippen LogP contribution in [0.4, 0.5) is 26.3 Å². The number of hydrogen-bond acceptors (Lipinski definition) is 4. The van der Waals surface area contributed by atoms with Crippen LogP contribution in [0.5, 0.6) is 0 Å². The van der Waals surface area contributed by atoms with Gasteiger partial charge in [-0.25, -0.2) is 8.42 Å². The number of sulfone groups is 1. The quantitative estimate of drug-likeness (QED) is 0.180. The van der Waals surface area contributed by atoms with Gasteiger partial charge in [-0.15, -0.1) is 0 Å². The third-order valence-corrected chi connectivity index (χ3v) is 8.13. The number of halogens is 6. The number of fused-ring (bicyclic) bond motifs is 1. The van der Waals surface area contributed by atoms with Gasteiger partial charge < -0.3 is 0 Å². The van der Waals surface area contributed by atoms with Crippen LogP contribution in [-0.2, 0) is 22.2 Å². The molecule has 0 unspecified atom stereocenters. The highest BCUT2D eigenvalue weighted by Crippen LogP contribution is 2.43. The van der Waals surface area contributed by atoms with Crippen LogP contribution >= 0.6 is 0 Å². The summed E-state index contributed by atoms with van der Waals surface area (Å²) in [5.74, 6) is -1.49. The Morgan fingerprint density at radius 1 is 0.575 bits per heavy atom. The van der Waals surface area contributed by atoms with Crippen LogP contribution in [0.1, 0.15) is 50.4 Å². The van der Waals surface area contributed by atoms with Crippen molar-refractivity contribution in [2.45, 2.75) is 19.8 Å². The molecule has 2 aliphatic rings. The highest BCUT2D eigenvalue weighted by Gasteiger charge is 2.39. The molecular weight excluding hydrogens is 558 g/mol. The molecule has 0 fully saturated rings. The molecule has 0 bridgehead atoms. The maximum atomic E-state index is 13.7. The summed E-state index contributed by atoms with van der Waals surface area (Å²) >= 11 is 0. The summed E-state index contributed by atoms with van der Waals surface area (Å²) in [4.78, 5) is 24.9. The van der Waals surface area contributed by atoms with Crippen molar-refractivity contribution in [2.75, 3.05) is 0 Å². The van der Waals surface area contributed by atoms with E-state index in [0.29, 0.717) is 12.1 Å². The Kier molecular flexibility index (Phi) is 7.00. The first kappa shape index (κ1) is 28.8. The number of alkyl halides is 6. The normalized spacial score (nSPS) is 16.8. The van der Waals surface area contributed by atoms with Gasteiger partial charge in [0.15, 0.2) is 11.6 Å². The Morgan fingerprint density at radius 3 is 1.35 bits per heavy atom. The molecule has 11 heteroatoms. The van der Waals surface area contributed by atoms with E-state index in [2.05, 4.69) is 0 Å². The lowest BCUT2D eigenvalue weighted by Crippen LogP contribution is -2.15. The van der Waals surface area contributed by atoms with Crippen LogP contribution in [0.3, 0.4) is 0 Å². The van der Waals surface area contributed by atoms with E-state index in [1.54, 1.807) is 0 Å². The molecule has 0 spiro atoms. The summed E-state index contributed by atoms with van der Waals surface area (Å²) in [6.45, 7) is 0. The smallest absolute Gasteiger partial charge is 0.288 e. The Labute approximate surface area is 224 Å². The Morgan fingerprint density at radius 2 is 0.975 bits per heavy atom. The van der Waals surface area contributed by atoms with Crippen molar-refractivity contribution in [1.29, 1.82) is 0 Å². The van der Waals surface area contributed by atoms with E-state index in [4.69, 9.17) is 0 Å². The molecule has 3 aromatic rings. The van der Waals surface area contributed by atoms with Gasteiger partial charge in [0.25, 0.3) is 0 Å². The first-order valence-corrected chi connectivity index (χ1v) is 12.6. The fraction of sp³-hybridized carbons (Fsp3) is 0.103. The minimum absolute atomic E-state index is 0. The van der Waals surface area contributed by atoms with E-state index >= 15 is 0 Å². The molecule has 0 saturated heterocycles. The second kappa shape index (κ2) is 9.74. The zero-order valence-electron chi connectivity index (χ0n) is 19.4. The van der Waals surface area contributed by atoms with Gasteiger partial charge in [-0.05, 0) is 53.1 Å². The third-order valence-electron chi connectivity index (χ3n) is 6.26. The lowest BCUT2D eigenvalue weighted by Gasteiger charge is -2.20. The van der Waals surface area contributed by atoms with E-state index in [1.807, 2.05) is 0 Å². The van der Waals surface area contributed by atoms with Crippen molar-refractivity contribution in [3.05, 3.63) is 129 Å². The van der Waals surface area contributed by atoms with Gasteiger partial charge >= 0.3 is 12.4 Å². The predicted octanol–water partition coefficient (Wildman–Crippen LogP) is 7.55. The van der Waals surface area contributed by atoms with E-state index in [1.165, 1.54) is 24.3 Å². The zero-order chi connectivity index (χ0) is 28.3. The van der Waals surface area contributed by atoms with Crippen LogP contribution < -0.4 is 0 Å². The summed E-state index contributed by atoms with van der Waals surface area (Å²) in [7, 11) is -4.73. The topological polar surface area (TPSA) is 68.3 Å². The van der Waals surface area contributed by atoms with Gasteiger partial charge in [0.2, 0.25) is 9.84 Å². The van der Waals surface area contributed by atoms with E-state index in [-0.39, 0.29) is 24.1 Å². The summed E-state index contributed by atoms with van der Waals surface area (Å²) in [5.41, 5.74) is -3.78. The molecule has 1 heterocycles. The first-order valence-electron chi connectivity index (χ1n) is 11.2. The number of benzene rings is 3. The first-order chi connectivity index (χ1) is 18.2. The molecule has 206 valence electrons. The predicted molar refractivity (Wildman–Crippen MR) is 137 cm³/mol. The maximum absolute atomic E-state index is 13.7. The van der Waals surface area contributed by atoms with E-state index in [0.717, 1.165) is 48.6 Å². The van der Waals surface area contributed by atoms with Crippen molar-refractivity contribution in [3.8, 4) is 0 Å². The van der Waals surface area contributed by atoms with Crippen LogP contribution in [0.25, 0.3) is 9.81 Å². The van der Waals surface area contributed by atoms with Gasteiger partial charge in [0.1, 0.15) is 0 Å². The summed E-state index contributed by atoms with van der Waals surface area (Å²) < 4.78 is 108. The highest BCUT2D eigenvalue weighted by molar-refractivity contribution is 8.09. The Bertz CT molecular complexity index is 1650. The van der Waals surface area contributed by atoms with E-state index in [9.17, 15) is 44.3 Å². The van der Waals surface area contributed by atoms with Crippen molar-refractivity contribution in [2.24, 2.45) is 0 Å². The van der Waals surface area contributed by atoms with E-state index < -0.39 is 71.4 Å². The maximum Gasteiger partial charge on any atom is 0.416 e. The van der Waals surface area contributed by atoms with Crippen LogP contribution in [-0.4, -0.2) is 20.0 Å². The van der Waals surface area contributed by atoms with Gasteiger partial charge in [-0.3, -0.25) is 9.59 Å². The molecule has 0 radical (unpaired) electrons. The molecule has 0 saturated carbocycles. The van der Waals surface area contributed by atoms with Crippen molar-refractivity contribution in [3.63, 3.8) is 0 Å². The largest absolute Gasteiger partial charge is 0.416 e. The van der Waals surface area contributed by atoms with Crippen LogP contribution in [0.2, 0.25) is 0 Å². The molecule has 40 heavy (non-hydrogen) atoms. The Hall–Kier alpha value is -4.25. The number of ketones is 2. The second-order valence-electron chi connectivity index (χ2n) is 8.71. The molecule has 1 aliphatic carbocycles. The summed E-state index contributed by atoms with van der Waals surface area (Å²) in [6, 6.07) is 12.5. The number of hydrogen-bond donors (Lipinski definition) is 0. The molecule has 4 nitrogen and oxygen atoms in total. The minimum Gasteiger partial charge on any atom is -0.288 e. The molecule has 0 atom stereocenters. The lowest BCUT2D eigenvalue weighted by molar-refractivity contribution is -0.138. The molecule has 0 N–H and O–H groups in total.